The number of hydrogen-bond acceptors (Lipinski definition) is 1. The first-order valence-corrected chi connectivity index (χ1v) is 7.34. The summed E-state index contributed by atoms with van der Waals surface area (Å²) in [6.45, 7) is 1.67. The fourth-order valence-corrected chi connectivity index (χ4v) is 2.67. The van der Waals surface area contributed by atoms with Crippen LogP contribution in [0, 0.1) is 11.6 Å². The lowest BCUT2D eigenvalue weighted by atomic mass is 10.1. The van der Waals surface area contributed by atoms with Crippen molar-refractivity contribution in [3.8, 4) is 0 Å². The quantitative estimate of drug-likeness (QED) is 0.754. The number of halogens is 2. The van der Waals surface area contributed by atoms with Crippen LogP contribution in [-0.4, -0.2) is 10.9 Å². The molecule has 2 N–H and O–H groups in total. The lowest BCUT2D eigenvalue weighted by Crippen LogP contribution is -2.28. The van der Waals surface area contributed by atoms with Gasteiger partial charge in [-0.25, -0.2) is 8.78 Å². The molecule has 5 heteroatoms. The second-order valence-corrected chi connectivity index (χ2v) is 5.49. The molecule has 0 fully saturated rings. The Kier molecular flexibility index (Phi) is 4.10. The Balaban J connectivity index is 1.71. The van der Waals surface area contributed by atoms with E-state index in [0.29, 0.717) is 0 Å². The van der Waals surface area contributed by atoms with Gasteiger partial charge in [-0.15, -0.1) is 0 Å². The normalized spacial score (nSPS) is 12.3. The van der Waals surface area contributed by atoms with Crippen molar-refractivity contribution in [2.24, 2.45) is 0 Å². The van der Waals surface area contributed by atoms with Crippen molar-refractivity contribution in [1.29, 1.82) is 0 Å². The van der Waals surface area contributed by atoms with Crippen molar-refractivity contribution in [2.75, 3.05) is 0 Å². The number of nitrogens with one attached hydrogen (secondary N) is 2. The second kappa shape index (κ2) is 6.20. The van der Waals surface area contributed by atoms with Crippen LogP contribution in [0.5, 0.6) is 0 Å². The molecule has 0 aliphatic heterocycles. The van der Waals surface area contributed by atoms with Crippen molar-refractivity contribution in [3.63, 3.8) is 0 Å². The molecule has 1 heterocycles. The third-order valence-corrected chi connectivity index (χ3v) is 3.83. The van der Waals surface area contributed by atoms with Crippen LogP contribution in [0.25, 0.3) is 10.9 Å². The monoisotopic (exact) mass is 314 g/mol. The minimum absolute atomic E-state index is 0.192. The summed E-state index contributed by atoms with van der Waals surface area (Å²) in [4.78, 5) is 15.3. The summed E-state index contributed by atoms with van der Waals surface area (Å²) in [5, 5.41) is 3.73. The van der Waals surface area contributed by atoms with Gasteiger partial charge in [-0.1, -0.05) is 24.3 Å². The molecule has 118 valence electrons. The highest BCUT2D eigenvalue weighted by atomic mass is 19.1. The highest BCUT2D eigenvalue weighted by Crippen LogP contribution is 2.20. The van der Waals surface area contributed by atoms with E-state index in [1.165, 1.54) is 12.1 Å². The molecule has 0 spiro atoms. The maximum absolute atomic E-state index is 13.7. The molecule has 0 unspecified atom stereocenters. The van der Waals surface area contributed by atoms with E-state index in [-0.39, 0.29) is 17.9 Å². The number of fused-ring (bicyclic) bond motifs is 1. The molecule has 0 aliphatic rings. The maximum Gasteiger partial charge on any atom is 0.224 e. The number of benzene rings is 2. The van der Waals surface area contributed by atoms with E-state index in [4.69, 9.17) is 0 Å². The lowest BCUT2D eigenvalue weighted by molar-refractivity contribution is -0.121. The second-order valence-electron chi connectivity index (χ2n) is 5.49. The van der Waals surface area contributed by atoms with Gasteiger partial charge >= 0.3 is 0 Å². The molecule has 0 saturated heterocycles. The number of para-hydroxylation sites is 1. The van der Waals surface area contributed by atoms with Gasteiger partial charge < -0.3 is 10.3 Å². The first-order chi connectivity index (χ1) is 11.0. The molecule has 3 nitrogen and oxygen atoms in total. The van der Waals surface area contributed by atoms with E-state index in [1.54, 1.807) is 13.1 Å². The van der Waals surface area contributed by atoms with Crippen molar-refractivity contribution in [1.82, 2.24) is 10.3 Å². The average molecular weight is 314 g/mol. The summed E-state index contributed by atoms with van der Waals surface area (Å²) >= 11 is 0. The largest absolute Gasteiger partial charge is 0.361 e. The first-order valence-electron chi connectivity index (χ1n) is 7.34. The SMILES string of the molecule is C[C@H](NC(=O)Cc1c[nH]c2ccccc12)c1ccc(F)cc1F. The van der Waals surface area contributed by atoms with E-state index in [0.717, 1.165) is 22.5 Å². The average Bonchev–Trinajstić information content (AvgIpc) is 2.90. The molecule has 3 aromatic rings. The van der Waals surface area contributed by atoms with Gasteiger partial charge in [0.15, 0.2) is 0 Å². The highest BCUT2D eigenvalue weighted by Gasteiger charge is 2.15. The van der Waals surface area contributed by atoms with Gasteiger partial charge in [0.05, 0.1) is 12.5 Å². The Hall–Kier alpha value is -2.69. The number of carbonyl (C=O) groups is 1. The predicted molar refractivity (Wildman–Crippen MR) is 84.9 cm³/mol. The van der Waals surface area contributed by atoms with Crippen LogP contribution in [0.15, 0.2) is 48.7 Å². The fourth-order valence-electron chi connectivity index (χ4n) is 2.67. The van der Waals surface area contributed by atoms with Crippen LogP contribution in [0.4, 0.5) is 8.78 Å². The minimum Gasteiger partial charge on any atom is -0.361 e. The van der Waals surface area contributed by atoms with Crippen LogP contribution in [0.1, 0.15) is 24.1 Å². The zero-order chi connectivity index (χ0) is 16.4. The number of aromatic amines is 1. The smallest absolute Gasteiger partial charge is 0.224 e. The Morgan fingerprint density at radius 1 is 1.22 bits per heavy atom. The van der Waals surface area contributed by atoms with Crippen molar-refractivity contribution >= 4 is 16.8 Å². The van der Waals surface area contributed by atoms with Crippen LogP contribution < -0.4 is 5.32 Å². The molecule has 1 aromatic heterocycles. The molecule has 0 radical (unpaired) electrons. The van der Waals surface area contributed by atoms with E-state index in [2.05, 4.69) is 10.3 Å². The van der Waals surface area contributed by atoms with Gasteiger partial charge in [-0.3, -0.25) is 4.79 Å². The van der Waals surface area contributed by atoms with Gasteiger partial charge in [-0.2, -0.15) is 0 Å². The molecule has 2 aromatic carbocycles. The van der Waals surface area contributed by atoms with Crippen molar-refractivity contribution < 1.29 is 13.6 Å². The summed E-state index contributed by atoms with van der Waals surface area (Å²) in [5.41, 5.74) is 2.11. The topological polar surface area (TPSA) is 44.9 Å². The molecule has 3 rings (SSSR count). The third-order valence-electron chi connectivity index (χ3n) is 3.83. The lowest BCUT2D eigenvalue weighted by Gasteiger charge is -2.15. The van der Waals surface area contributed by atoms with E-state index in [9.17, 15) is 13.6 Å². The van der Waals surface area contributed by atoms with Crippen molar-refractivity contribution in [2.45, 2.75) is 19.4 Å². The third kappa shape index (κ3) is 3.23. The Bertz CT molecular complexity index is 857. The van der Waals surface area contributed by atoms with Crippen molar-refractivity contribution in [3.05, 3.63) is 71.4 Å². The van der Waals surface area contributed by atoms with E-state index in [1.807, 2.05) is 24.3 Å². The van der Waals surface area contributed by atoms with Crippen LogP contribution in [-0.2, 0) is 11.2 Å². The summed E-state index contributed by atoms with van der Waals surface area (Å²) in [6.07, 6.45) is 1.99. The van der Waals surface area contributed by atoms with Gasteiger partial charge in [0, 0.05) is 28.7 Å². The molecular formula is C18H16F2N2O. The van der Waals surface area contributed by atoms with E-state index < -0.39 is 17.7 Å². The van der Waals surface area contributed by atoms with Gasteiger partial charge in [-0.05, 0) is 24.6 Å². The molecule has 0 saturated carbocycles. The van der Waals surface area contributed by atoms with Crippen LogP contribution in [0.2, 0.25) is 0 Å². The summed E-state index contributed by atoms with van der Waals surface area (Å²) in [6, 6.07) is 10.5. The molecule has 0 bridgehead atoms. The fraction of sp³-hybridized carbons (Fsp3) is 0.167. The number of aromatic nitrogens is 1. The zero-order valence-corrected chi connectivity index (χ0v) is 12.6. The van der Waals surface area contributed by atoms with Crippen LogP contribution >= 0.6 is 0 Å². The Morgan fingerprint density at radius 2 is 2.00 bits per heavy atom. The number of carbonyl (C=O) groups excluding carboxylic acids is 1. The molecule has 1 atom stereocenters. The first kappa shape index (κ1) is 15.2. The zero-order valence-electron chi connectivity index (χ0n) is 12.6. The molecule has 0 aliphatic carbocycles. The van der Waals surface area contributed by atoms with Crippen LogP contribution in [0.3, 0.4) is 0 Å². The number of rotatable bonds is 4. The molecule has 1 amide bonds. The van der Waals surface area contributed by atoms with E-state index >= 15 is 0 Å². The van der Waals surface area contributed by atoms with Gasteiger partial charge in [0.1, 0.15) is 11.6 Å². The minimum atomic E-state index is -0.662. The maximum atomic E-state index is 13.7. The highest BCUT2D eigenvalue weighted by molar-refractivity contribution is 5.88. The number of hydrogen-bond donors (Lipinski definition) is 2. The summed E-state index contributed by atoms with van der Waals surface area (Å²) in [5.74, 6) is -1.51. The molecule has 23 heavy (non-hydrogen) atoms. The van der Waals surface area contributed by atoms with Gasteiger partial charge in [0.2, 0.25) is 5.91 Å². The summed E-state index contributed by atoms with van der Waals surface area (Å²) < 4.78 is 26.7. The Morgan fingerprint density at radius 3 is 2.78 bits per heavy atom. The predicted octanol–water partition coefficient (Wildman–Crippen LogP) is 3.87. The molecular weight excluding hydrogens is 298 g/mol. The van der Waals surface area contributed by atoms with Gasteiger partial charge in [0.25, 0.3) is 0 Å². The number of amides is 1. The summed E-state index contributed by atoms with van der Waals surface area (Å²) in [7, 11) is 0. The standard InChI is InChI=1S/C18H16F2N2O/c1-11(14-7-6-13(19)9-16(14)20)22-18(23)8-12-10-21-17-5-3-2-4-15(12)17/h2-7,9-11,21H,8H2,1H3,(H,22,23)/t11-/m0/s1. The number of H-pyrrole nitrogens is 1. The Labute approximate surface area is 132 Å².